The molecule has 2 heteroatoms. The summed E-state index contributed by atoms with van der Waals surface area (Å²) in [5.74, 6) is 0. The van der Waals surface area contributed by atoms with Crippen LogP contribution in [0.3, 0.4) is 0 Å². The van der Waals surface area contributed by atoms with Gasteiger partial charge < -0.3 is 0 Å². The molecule has 17 heavy (non-hydrogen) atoms. The minimum atomic E-state index is -0.134. The van der Waals surface area contributed by atoms with Crippen molar-refractivity contribution >= 4 is 18.6 Å². The molecule has 0 saturated heterocycles. The van der Waals surface area contributed by atoms with Gasteiger partial charge in [-0.15, -0.1) is 0 Å². The molecule has 0 bridgehead atoms. The molecule has 0 heterocycles. The first-order chi connectivity index (χ1) is 7.91. The Balaban J connectivity index is 3.88. The first-order valence-electron chi connectivity index (χ1n) is 6.56. The number of allylic oxidation sites excluding steroid dienone is 5. The maximum absolute atomic E-state index is 9.28. The molecule has 96 valence electrons. The molecule has 0 aromatic rings. The molecule has 0 spiro atoms. The number of aliphatic hydroxyl groups excluding tert-OH is 1. The SMILES string of the molecule is CC(C)=CCCC(C)=CCCC(C)=C[CH](O)[GaH2]. The zero-order chi connectivity index (χ0) is 13.3. The second-order valence-corrected chi connectivity index (χ2v) is 7.65. The maximum atomic E-state index is 9.28. The van der Waals surface area contributed by atoms with E-state index in [2.05, 4.69) is 39.8 Å². The van der Waals surface area contributed by atoms with Gasteiger partial charge in [0.05, 0.1) is 0 Å². The molecule has 1 atom stereocenters. The summed E-state index contributed by atoms with van der Waals surface area (Å²) in [7, 11) is 0. The first-order valence-corrected chi connectivity index (χ1v) is 8.98. The summed E-state index contributed by atoms with van der Waals surface area (Å²) in [4.78, 5) is 0. The van der Waals surface area contributed by atoms with Crippen molar-refractivity contribution in [2.75, 3.05) is 0 Å². The number of hydrogen-bond donors (Lipinski definition) is 1. The molecule has 1 nitrogen and oxygen atoms in total. The number of hydrogen-bond acceptors (Lipinski definition) is 1. The van der Waals surface area contributed by atoms with E-state index < -0.39 is 0 Å². The molecule has 0 fully saturated rings. The van der Waals surface area contributed by atoms with Crippen LogP contribution in [0.2, 0.25) is 0 Å². The number of rotatable bonds is 7. The van der Waals surface area contributed by atoms with Crippen molar-refractivity contribution < 1.29 is 5.11 Å². The van der Waals surface area contributed by atoms with Gasteiger partial charge in [0.2, 0.25) is 0 Å². The third-order valence-corrected chi connectivity index (χ3v) is 3.35. The van der Waals surface area contributed by atoms with Crippen molar-refractivity contribution in [1.82, 2.24) is 0 Å². The Morgan fingerprint density at radius 1 is 1.00 bits per heavy atom. The summed E-state index contributed by atoms with van der Waals surface area (Å²) in [6, 6.07) is 0. The Morgan fingerprint density at radius 2 is 1.53 bits per heavy atom. The molecule has 0 aromatic carbocycles. The molecule has 1 unspecified atom stereocenters. The van der Waals surface area contributed by atoms with Gasteiger partial charge in [0, 0.05) is 0 Å². The summed E-state index contributed by atoms with van der Waals surface area (Å²) < 4.78 is -0.134. The Bertz CT molecular complexity index is 294. The minimum absolute atomic E-state index is 0.134. The Kier molecular flexibility index (Phi) is 9.70. The van der Waals surface area contributed by atoms with Crippen LogP contribution >= 0.6 is 0 Å². The predicted molar refractivity (Wildman–Crippen MR) is 80.0 cm³/mol. The average molecular weight is 293 g/mol. The van der Waals surface area contributed by atoms with Gasteiger partial charge in [0.1, 0.15) is 0 Å². The van der Waals surface area contributed by atoms with Crippen molar-refractivity contribution in [2.45, 2.75) is 58.0 Å². The third kappa shape index (κ3) is 12.1. The molecule has 0 aliphatic rings. The van der Waals surface area contributed by atoms with Crippen LogP contribution in [-0.4, -0.2) is 28.4 Å². The fourth-order valence-electron chi connectivity index (χ4n) is 1.73. The van der Waals surface area contributed by atoms with E-state index in [-0.39, 0.29) is 4.66 Å². The summed E-state index contributed by atoms with van der Waals surface area (Å²) in [5.41, 5.74) is 4.20. The third-order valence-electron chi connectivity index (χ3n) is 2.65. The second kappa shape index (κ2) is 9.81. The van der Waals surface area contributed by atoms with Crippen LogP contribution in [-0.2, 0) is 0 Å². The van der Waals surface area contributed by atoms with E-state index in [1.807, 2.05) is 6.08 Å². The van der Waals surface area contributed by atoms with Crippen LogP contribution in [0.4, 0.5) is 0 Å². The van der Waals surface area contributed by atoms with E-state index in [1.165, 1.54) is 23.1 Å². The molecule has 0 aliphatic carbocycles. The molecule has 0 saturated carbocycles. The summed E-state index contributed by atoms with van der Waals surface area (Å²) in [5, 5.41) is 9.28. The Labute approximate surface area is 117 Å². The molecular formula is C15H27GaO. The zero-order valence-corrected chi connectivity index (χ0v) is 16.3. The molecule has 1 N–H and O–H groups in total. The monoisotopic (exact) mass is 292 g/mol. The van der Waals surface area contributed by atoms with Gasteiger partial charge in [0.25, 0.3) is 0 Å². The van der Waals surface area contributed by atoms with E-state index in [4.69, 9.17) is 0 Å². The molecule has 0 radical (unpaired) electrons. The van der Waals surface area contributed by atoms with Crippen LogP contribution in [0.25, 0.3) is 0 Å². The predicted octanol–water partition coefficient (Wildman–Crippen LogP) is 3.36. The fraction of sp³-hybridized carbons (Fsp3) is 0.600. The molecule has 0 rings (SSSR count). The average Bonchev–Trinajstić information content (AvgIpc) is 2.15. The first kappa shape index (κ1) is 16.8. The van der Waals surface area contributed by atoms with Gasteiger partial charge in [-0.2, -0.15) is 0 Å². The van der Waals surface area contributed by atoms with E-state index >= 15 is 0 Å². The molecule has 0 amide bonds. The Morgan fingerprint density at radius 3 is 2.06 bits per heavy atom. The fourth-order valence-corrected chi connectivity index (χ4v) is 2.93. The normalized spacial score (nSPS) is 14.6. The van der Waals surface area contributed by atoms with Crippen molar-refractivity contribution in [3.05, 3.63) is 34.9 Å². The van der Waals surface area contributed by atoms with Crippen LogP contribution < -0.4 is 0 Å². The van der Waals surface area contributed by atoms with Gasteiger partial charge in [-0.05, 0) is 0 Å². The zero-order valence-electron chi connectivity index (χ0n) is 12.1. The van der Waals surface area contributed by atoms with Crippen LogP contribution in [0.1, 0.15) is 53.4 Å². The van der Waals surface area contributed by atoms with E-state index in [0.717, 1.165) is 19.3 Å². The second-order valence-electron chi connectivity index (χ2n) is 5.16. The number of aliphatic hydroxyl groups is 1. The summed E-state index contributed by atoms with van der Waals surface area (Å²) >= 11 is 0.490. The van der Waals surface area contributed by atoms with Gasteiger partial charge in [-0.3, -0.25) is 0 Å². The topological polar surface area (TPSA) is 20.2 Å². The van der Waals surface area contributed by atoms with Crippen molar-refractivity contribution in [3.63, 3.8) is 0 Å². The van der Waals surface area contributed by atoms with Gasteiger partial charge in [-0.1, -0.05) is 0 Å². The van der Waals surface area contributed by atoms with Gasteiger partial charge >= 0.3 is 117 Å². The van der Waals surface area contributed by atoms with Crippen molar-refractivity contribution in [2.24, 2.45) is 0 Å². The Hall–Kier alpha value is -0.184. The summed E-state index contributed by atoms with van der Waals surface area (Å²) in [6.45, 7) is 8.62. The van der Waals surface area contributed by atoms with Gasteiger partial charge in [0.15, 0.2) is 0 Å². The van der Waals surface area contributed by atoms with Crippen LogP contribution in [0.15, 0.2) is 34.9 Å². The van der Waals surface area contributed by atoms with Crippen LogP contribution in [0, 0.1) is 0 Å². The molecule has 0 aliphatic heterocycles. The quantitative estimate of drug-likeness (QED) is 0.563. The molecule has 0 aromatic heterocycles. The van der Waals surface area contributed by atoms with Crippen molar-refractivity contribution in [3.8, 4) is 0 Å². The van der Waals surface area contributed by atoms with Gasteiger partial charge in [-0.25, -0.2) is 0 Å². The van der Waals surface area contributed by atoms with Crippen LogP contribution in [0.5, 0.6) is 0 Å². The van der Waals surface area contributed by atoms with E-state index in [9.17, 15) is 5.11 Å². The van der Waals surface area contributed by atoms with E-state index in [1.54, 1.807) is 0 Å². The standard InChI is InChI=1S/C15H25O.Ga.2H/c1-13(2)7-5-8-14(3)9-6-10-15(4)11-12-16;;;/h7,9,11-12,16H,5-6,8,10H2,1-4H3;;;. The van der Waals surface area contributed by atoms with E-state index in [0.29, 0.717) is 18.6 Å². The molecular weight excluding hydrogens is 266 g/mol. The van der Waals surface area contributed by atoms with Crippen molar-refractivity contribution in [1.29, 1.82) is 0 Å². The summed E-state index contributed by atoms with van der Waals surface area (Å²) in [6.07, 6.45) is 11.1.